The normalized spacial score (nSPS) is 10.8. The molecular weight excluding hydrogens is 753 g/mol. The number of aryl methyl sites for hydroxylation is 7. The van der Waals surface area contributed by atoms with Crippen LogP contribution in [0, 0.1) is 27.7 Å². The Kier molecular flexibility index (Phi) is 13.1. The van der Waals surface area contributed by atoms with Crippen LogP contribution >= 0.6 is 0 Å². The smallest absolute Gasteiger partial charge is 0.0518 e. The standard InChI is InChI=1S/3C14H13N.C13H11N.3CH4/c1-10-6-5-8-12-11-7-3-4-9-13(11)15(2)14(10)12;1-10-7-8-14-12(9-10)11-5-3-4-6-13(11)15(14)2;1-10-7-8-12-11-5-3-4-6-13(11)15(2)14(12)9-10;1-9-5-4-8-12-13(9)10-6-2-3-7-11(10)14-12;;;/h3*3-9H,1-2H3;2-8,14H,1H3;3*1H4. The average Bonchev–Trinajstić information content (AvgIpc) is 3.96. The molecule has 0 saturated heterocycles. The maximum atomic E-state index is 3.42. The highest BCUT2D eigenvalue weighted by Crippen LogP contribution is 2.32. The highest BCUT2D eigenvalue weighted by Gasteiger charge is 2.10. The van der Waals surface area contributed by atoms with Crippen LogP contribution in [-0.4, -0.2) is 18.7 Å². The number of fused-ring (bicyclic) bond motifs is 12. The number of nitrogens with zero attached hydrogens (tertiary/aromatic N) is 3. The Hall–Kier alpha value is -7.04. The zero-order valence-corrected chi connectivity index (χ0v) is 35.0. The van der Waals surface area contributed by atoms with Crippen LogP contribution in [0.15, 0.2) is 170 Å². The second-order valence-corrected chi connectivity index (χ2v) is 15.9. The van der Waals surface area contributed by atoms with E-state index in [1.807, 2.05) is 0 Å². The van der Waals surface area contributed by atoms with Crippen molar-refractivity contribution in [1.82, 2.24) is 18.7 Å². The van der Waals surface area contributed by atoms with Gasteiger partial charge < -0.3 is 18.7 Å². The molecule has 8 aromatic carbocycles. The quantitative estimate of drug-likeness (QED) is 0.158. The lowest BCUT2D eigenvalue weighted by Crippen LogP contribution is -1.88. The van der Waals surface area contributed by atoms with Gasteiger partial charge >= 0.3 is 0 Å². The first-order chi connectivity index (χ1) is 28.7. The molecule has 4 heterocycles. The molecule has 0 saturated carbocycles. The summed E-state index contributed by atoms with van der Waals surface area (Å²) >= 11 is 0. The maximum Gasteiger partial charge on any atom is 0.0518 e. The summed E-state index contributed by atoms with van der Waals surface area (Å²) in [5.41, 5.74) is 15.6. The van der Waals surface area contributed by atoms with Crippen LogP contribution in [0.1, 0.15) is 44.5 Å². The Bertz CT molecular complexity index is 3460. The fourth-order valence-corrected chi connectivity index (χ4v) is 9.07. The third kappa shape index (κ3) is 7.85. The molecule has 0 fully saturated rings. The minimum absolute atomic E-state index is 0. The van der Waals surface area contributed by atoms with Crippen molar-refractivity contribution in [3.05, 3.63) is 192 Å². The fraction of sp³-hybridized carbons (Fsp3) is 0.172. The number of aromatic amines is 1. The predicted octanol–water partition coefficient (Wildman–Crippen LogP) is 16.5. The molecule has 62 heavy (non-hydrogen) atoms. The van der Waals surface area contributed by atoms with Crippen LogP contribution in [0.25, 0.3) is 87.2 Å². The summed E-state index contributed by atoms with van der Waals surface area (Å²) < 4.78 is 6.79. The SMILES string of the molecule is C.C.C.Cc1ccc2c(c1)c1ccccc1n2C.Cc1ccc2c3ccccc3n(C)c2c1.Cc1cccc2[nH]c3ccccc3c12.Cc1cccc2c3ccccc3n(C)c12. The summed E-state index contributed by atoms with van der Waals surface area (Å²) in [4.78, 5) is 3.42. The molecule has 0 atom stereocenters. The molecule has 0 amide bonds. The lowest BCUT2D eigenvalue weighted by Gasteiger charge is -2.00. The summed E-state index contributed by atoms with van der Waals surface area (Å²) in [6.45, 7) is 8.60. The zero-order valence-electron chi connectivity index (χ0n) is 35.0. The molecule has 12 aromatic rings. The molecular formula is C58H62N4. The van der Waals surface area contributed by atoms with Gasteiger partial charge in [0.2, 0.25) is 0 Å². The second-order valence-electron chi connectivity index (χ2n) is 15.9. The summed E-state index contributed by atoms with van der Waals surface area (Å²) in [6.07, 6.45) is 0. The molecule has 0 aliphatic carbocycles. The fourth-order valence-electron chi connectivity index (χ4n) is 9.07. The number of rotatable bonds is 0. The van der Waals surface area contributed by atoms with Crippen molar-refractivity contribution in [1.29, 1.82) is 0 Å². The molecule has 12 rings (SSSR count). The Morgan fingerprint density at radius 2 is 0.758 bits per heavy atom. The number of hydrogen-bond acceptors (Lipinski definition) is 0. The van der Waals surface area contributed by atoms with Crippen molar-refractivity contribution < 1.29 is 0 Å². The molecule has 0 radical (unpaired) electrons. The molecule has 0 aliphatic heterocycles. The molecule has 0 spiro atoms. The van der Waals surface area contributed by atoms with Crippen LogP contribution in [-0.2, 0) is 21.1 Å². The van der Waals surface area contributed by atoms with E-state index in [4.69, 9.17) is 0 Å². The van der Waals surface area contributed by atoms with E-state index in [0.29, 0.717) is 0 Å². The van der Waals surface area contributed by atoms with E-state index in [0.717, 1.165) is 0 Å². The lowest BCUT2D eigenvalue weighted by molar-refractivity contribution is 1.01. The van der Waals surface area contributed by atoms with Gasteiger partial charge in [-0.3, -0.25) is 0 Å². The third-order valence-corrected chi connectivity index (χ3v) is 12.0. The first kappa shape index (κ1) is 44.5. The molecule has 0 aliphatic rings. The van der Waals surface area contributed by atoms with Gasteiger partial charge in [0.25, 0.3) is 0 Å². The van der Waals surface area contributed by atoms with Crippen molar-refractivity contribution in [3.8, 4) is 0 Å². The lowest BCUT2D eigenvalue weighted by atomic mass is 10.1. The van der Waals surface area contributed by atoms with Gasteiger partial charge in [-0.1, -0.05) is 149 Å². The number of para-hydroxylation sites is 5. The number of nitrogens with one attached hydrogen (secondary N) is 1. The van der Waals surface area contributed by atoms with E-state index in [-0.39, 0.29) is 22.3 Å². The van der Waals surface area contributed by atoms with Crippen LogP contribution in [0.4, 0.5) is 0 Å². The van der Waals surface area contributed by atoms with Crippen molar-refractivity contribution >= 4 is 87.2 Å². The van der Waals surface area contributed by atoms with Crippen LogP contribution in [0.5, 0.6) is 0 Å². The maximum absolute atomic E-state index is 3.42. The van der Waals surface area contributed by atoms with E-state index >= 15 is 0 Å². The van der Waals surface area contributed by atoms with Gasteiger partial charge in [0, 0.05) is 103 Å². The van der Waals surface area contributed by atoms with Crippen molar-refractivity contribution in [2.45, 2.75) is 50.0 Å². The predicted molar refractivity (Wildman–Crippen MR) is 276 cm³/mol. The monoisotopic (exact) mass is 814 g/mol. The number of benzene rings is 8. The number of aromatic nitrogens is 4. The Labute approximate surface area is 367 Å². The van der Waals surface area contributed by atoms with Gasteiger partial charge in [-0.15, -0.1) is 0 Å². The molecule has 4 aromatic heterocycles. The summed E-state index contributed by atoms with van der Waals surface area (Å²) in [5, 5.41) is 10.8. The van der Waals surface area contributed by atoms with Gasteiger partial charge in [-0.25, -0.2) is 0 Å². The van der Waals surface area contributed by atoms with E-state index < -0.39 is 0 Å². The van der Waals surface area contributed by atoms with Crippen LogP contribution in [0.2, 0.25) is 0 Å². The molecule has 1 N–H and O–H groups in total. The summed E-state index contributed by atoms with van der Waals surface area (Å²) in [5.74, 6) is 0. The molecule has 4 heteroatoms. The van der Waals surface area contributed by atoms with E-state index in [1.54, 1.807) is 0 Å². The van der Waals surface area contributed by atoms with E-state index in [1.165, 1.54) is 109 Å². The largest absolute Gasteiger partial charge is 0.355 e. The highest BCUT2D eigenvalue weighted by atomic mass is 14.9. The second kappa shape index (κ2) is 18.3. The molecule has 0 unspecified atom stereocenters. The third-order valence-electron chi connectivity index (χ3n) is 12.0. The van der Waals surface area contributed by atoms with Gasteiger partial charge in [0.15, 0.2) is 0 Å². The van der Waals surface area contributed by atoms with Crippen LogP contribution in [0.3, 0.4) is 0 Å². The zero-order chi connectivity index (χ0) is 40.8. The molecule has 4 nitrogen and oxygen atoms in total. The summed E-state index contributed by atoms with van der Waals surface area (Å²) in [6, 6.07) is 60.2. The Morgan fingerprint density at radius 3 is 1.44 bits per heavy atom. The first-order valence-electron chi connectivity index (χ1n) is 20.5. The van der Waals surface area contributed by atoms with Gasteiger partial charge in [0.1, 0.15) is 0 Å². The first-order valence-corrected chi connectivity index (χ1v) is 20.5. The number of H-pyrrole nitrogens is 1. The van der Waals surface area contributed by atoms with Gasteiger partial charge in [-0.05, 0) is 92.9 Å². The highest BCUT2D eigenvalue weighted by molar-refractivity contribution is 6.11. The van der Waals surface area contributed by atoms with E-state index in [2.05, 4.69) is 237 Å². The average molecular weight is 815 g/mol. The van der Waals surface area contributed by atoms with Crippen molar-refractivity contribution in [2.24, 2.45) is 21.1 Å². The van der Waals surface area contributed by atoms with Gasteiger partial charge in [-0.2, -0.15) is 0 Å². The Balaban J connectivity index is 0.000000136. The van der Waals surface area contributed by atoms with Crippen molar-refractivity contribution in [3.63, 3.8) is 0 Å². The van der Waals surface area contributed by atoms with Crippen LogP contribution < -0.4 is 0 Å². The van der Waals surface area contributed by atoms with Crippen molar-refractivity contribution in [2.75, 3.05) is 0 Å². The topological polar surface area (TPSA) is 30.6 Å². The van der Waals surface area contributed by atoms with Gasteiger partial charge in [0.05, 0.1) is 5.52 Å². The molecule has 0 bridgehead atoms. The molecule has 314 valence electrons. The minimum Gasteiger partial charge on any atom is -0.355 e. The summed E-state index contributed by atoms with van der Waals surface area (Å²) in [7, 11) is 6.39. The minimum atomic E-state index is 0. The number of hydrogen-bond donors (Lipinski definition) is 1. The Morgan fingerprint density at radius 1 is 0.323 bits per heavy atom. The van der Waals surface area contributed by atoms with E-state index in [9.17, 15) is 0 Å².